The molecule has 4 aliphatic carbocycles. The van der Waals surface area contributed by atoms with Crippen LogP contribution in [0.5, 0.6) is 23.0 Å². The molecule has 5 aliphatic heterocycles. The Morgan fingerprint density at radius 1 is 0.381 bits per heavy atom. The number of rotatable bonds is 32. The molecule has 9 aliphatic rings. The minimum Gasteiger partial charge on any atom is -1.00 e. The number of halogens is 1. The maximum absolute atomic E-state index is 13.3. The van der Waals surface area contributed by atoms with Crippen LogP contribution in [0.1, 0.15) is 218 Å². The zero-order chi connectivity index (χ0) is 96.3. The van der Waals surface area contributed by atoms with Gasteiger partial charge in [0.1, 0.15) is 83.5 Å². The molecule has 9 fully saturated rings. The predicted molar refractivity (Wildman–Crippen MR) is 549 cm³/mol. The van der Waals surface area contributed by atoms with E-state index < -0.39 is 34.1 Å². The van der Waals surface area contributed by atoms with Gasteiger partial charge in [0.2, 0.25) is 0 Å². The van der Waals surface area contributed by atoms with Crippen molar-refractivity contribution in [2.75, 3.05) is 118 Å². The van der Waals surface area contributed by atoms with Crippen LogP contribution in [-0.4, -0.2) is 285 Å². The number of hydrogen-bond acceptors (Lipinski definition) is 19. The summed E-state index contributed by atoms with van der Waals surface area (Å²) in [5.74, 6) is 6.78. The third-order valence-electron chi connectivity index (χ3n) is 26.9. The van der Waals surface area contributed by atoms with Crippen LogP contribution in [0.3, 0.4) is 0 Å². The van der Waals surface area contributed by atoms with Crippen LogP contribution in [0, 0.1) is 19.3 Å². The number of ketones is 1. The van der Waals surface area contributed by atoms with E-state index in [9.17, 15) is 34.5 Å². The number of β-amino-alcohol motifs (C(OH)–C–C–N with tert-alkyl or cyclic N) is 3. The van der Waals surface area contributed by atoms with Gasteiger partial charge in [-0.3, -0.25) is 9.69 Å². The Hall–Kier alpha value is -8.63. The van der Waals surface area contributed by atoms with Crippen molar-refractivity contribution in [1.82, 2.24) is 34.3 Å². The van der Waals surface area contributed by atoms with Crippen molar-refractivity contribution < 1.29 is 89.4 Å². The Bertz CT molecular complexity index is 4830. The van der Waals surface area contributed by atoms with E-state index in [0.29, 0.717) is 56.3 Å². The number of piperidine rings is 4. The molecule has 3 unspecified atom stereocenters. The fourth-order valence-electron chi connectivity index (χ4n) is 19.9. The molecule has 0 radical (unpaired) electrons. The number of ether oxygens (including phenoxy) is 8. The second-order valence-electron chi connectivity index (χ2n) is 42.6. The number of carbonyl (C=O) groups excluding carboxylic acids is 4. The average molecular weight is 1980 g/mol. The summed E-state index contributed by atoms with van der Waals surface area (Å²) in [7, 11) is 0. The molecule has 4 saturated carbocycles. The molecule has 0 aromatic heterocycles. The van der Waals surface area contributed by atoms with Gasteiger partial charge >= 0.3 is 41.3 Å². The van der Waals surface area contributed by atoms with Gasteiger partial charge in [-0.05, 0) is 274 Å². The van der Waals surface area contributed by atoms with Gasteiger partial charge in [-0.1, -0.05) is 194 Å². The fourth-order valence-corrected chi connectivity index (χ4v) is 19.9. The number of carbonyl (C=O) groups is 4. The van der Waals surface area contributed by atoms with Gasteiger partial charge < -0.3 is 107 Å². The summed E-state index contributed by atoms with van der Waals surface area (Å²) < 4.78 is 45.3. The molecule has 8 aromatic rings. The first-order valence-corrected chi connectivity index (χ1v) is 50.4. The molecule has 752 valence electrons. The van der Waals surface area contributed by atoms with Gasteiger partial charge in [-0.25, -0.2) is 14.4 Å². The quantitative estimate of drug-likeness (QED) is 0.0202. The number of benzene rings is 8. The summed E-state index contributed by atoms with van der Waals surface area (Å²) in [6.45, 7) is 33.2. The molecule has 22 nitrogen and oxygen atoms in total. The smallest absolute Gasteiger partial charge is 1.00 e. The number of nitrogens with zero attached hydrogens (tertiary/aromatic N) is 7. The summed E-state index contributed by atoms with van der Waals surface area (Å²) in [5.41, 5.74) is 2.04. The Morgan fingerprint density at radius 2 is 0.669 bits per heavy atom. The SMILES string of the molecule is C1CCOC1.CC(C)(C)OC(=O)N(C1CCN(CC(=O)COc2ccccc2)CC1)[C@@H]1C[C@H]1c1ccccc1.CC(C)(C)OC(=O)N(C1CCN(CC(O)COc2ccccc2)CC1)[C@@H]1C[C@H]1c1ccccc1.CC(O)(COc1ccccc1)CN1CCC(C[C@@H]2C[C@H]2c2ccccc2)CC1.CC(O)(COc1ccccc1)CN1CCC(N(C(=O)OC(C)(C)C)[C@@H]2C[C@H]2c2ccccc2)CC1.[Br-].[CH3-].[Mg+2]. The van der Waals surface area contributed by atoms with Crippen LogP contribution < -0.4 is 35.9 Å². The van der Waals surface area contributed by atoms with Crippen molar-refractivity contribution in [2.45, 2.75) is 267 Å². The zero-order valence-corrected chi connectivity index (χ0v) is 87.9. The van der Waals surface area contributed by atoms with Crippen molar-refractivity contribution in [3.63, 3.8) is 0 Å². The largest absolute Gasteiger partial charge is 2.00 e. The molecule has 0 bridgehead atoms. The van der Waals surface area contributed by atoms with Gasteiger partial charge in [-0.15, -0.1) is 0 Å². The Balaban J connectivity index is 0.000000187. The van der Waals surface area contributed by atoms with Crippen LogP contribution >= 0.6 is 0 Å². The number of para-hydroxylation sites is 4. The number of amides is 3. The van der Waals surface area contributed by atoms with Gasteiger partial charge in [0.05, 0.1) is 6.54 Å². The molecule has 3 N–H and O–H groups in total. The molecule has 5 heterocycles. The van der Waals surface area contributed by atoms with Gasteiger partial charge in [0.25, 0.3) is 0 Å². The van der Waals surface area contributed by atoms with E-state index in [4.69, 9.17) is 37.9 Å². The first kappa shape index (κ1) is 112. The molecule has 11 atom stereocenters. The molecule has 3 amide bonds. The van der Waals surface area contributed by atoms with E-state index >= 15 is 0 Å². The van der Waals surface area contributed by atoms with Crippen LogP contribution in [0.2, 0.25) is 0 Å². The Morgan fingerprint density at radius 3 is 0.986 bits per heavy atom. The molecule has 139 heavy (non-hydrogen) atoms. The van der Waals surface area contributed by atoms with E-state index in [-0.39, 0.29) is 128 Å². The van der Waals surface area contributed by atoms with E-state index in [1.165, 1.54) is 60.8 Å². The monoisotopic (exact) mass is 1980 g/mol. The third-order valence-corrected chi connectivity index (χ3v) is 26.9. The maximum Gasteiger partial charge on any atom is 2.00 e. The first-order chi connectivity index (χ1) is 65.3. The maximum atomic E-state index is 13.3. The van der Waals surface area contributed by atoms with E-state index in [1.807, 2.05) is 230 Å². The van der Waals surface area contributed by atoms with Gasteiger partial charge in [0, 0.05) is 126 Å². The number of Topliss-reactive ketones (excluding diaryl/α,β-unsaturated/α-hetero) is 1. The molecule has 0 spiro atoms. The molecule has 24 heteroatoms. The Labute approximate surface area is 856 Å². The summed E-state index contributed by atoms with van der Waals surface area (Å²) in [5, 5.41) is 32.1. The molecule has 5 saturated heterocycles. The van der Waals surface area contributed by atoms with Crippen LogP contribution in [0.25, 0.3) is 0 Å². The van der Waals surface area contributed by atoms with Gasteiger partial charge in [0.15, 0.2) is 5.78 Å². The molecule has 17 rings (SSSR count). The van der Waals surface area contributed by atoms with Crippen molar-refractivity contribution in [2.24, 2.45) is 11.8 Å². The molecule has 8 aromatic carbocycles. The first-order valence-electron chi connectivity index (χ1n) is 50.4. The fraction of sp³-hybridized carbons (Fsp3) is 0.539. The van der Waals surface area contributed by atoms with E-state index in [0.717, 1.165) is 158 Å². The third kappa shape index (κ3) is 37.9. The minimum absolute atomic E-state index is 0. The van der Waals surface area contributed by atoms with Gasteiger partial charge in [-0.2, -0.15) is 0 Å². The number of hydrogen-bond donors (Lipinski definition) is 3. The summed E-state index contributed by atoms with van der Waals surface area (Å²) in [6.07, 6.45) is 14.7. The normalized spacial score (nSPS) is 22.2. The number of likely N-dealkylation sites (tertiary alicyclic amines) is 4. The standard InChI is InChI=1S/C29H40N2O4.C28H38N2O4.C28H36N2O4.C25H33NO2.C4H8O.CH3.BrH.Mg/c1-28(2,3)35-27(32)31(26-19-25(26)22-11-7-5-8-12-22)23-15-17-30(18-16-23)20-29(4,33)21-34-24-13-9-6-10-14-24;2*1-28(2,3)34-27(32)30(26-18-25(26)21-10-6-4-7-11-21)22-14-16-29(17-15-22)19-23(31)20-33-24-12-8-5-9-13-24;1-25(27,19-28-23-10-6-3-7-11-23)18-26-14-12-20(13-15-26)16-22-17-24(22)21-8-4-2-5-9-21;1-2-4-5-3-1;;;/h5-14,23,25-26,33H,15-21H2,1-4H3;4-13,22-23,25-26,31H,14-20H2,1-3H3;4-13,22,25-26H,14-20H2,1-3H3;2-11,20,22,24,27H,12-19H2,1H3;1-4H2;1H3;1H;/q;;;;;-1;;+2/p-1/t25-,26+,29?;23?,25-,26+;25-,26+;22-,24+,25?;;;;/m0001..../s1. The molecular formula is C115H158BrMgN7O15. The number of aliphatic hydroxyl groups excluding tert-OH is 1. The van der Waals surface area contributed by atoms with Crippen molar-refractivity contribution in [3.8, 4) is 23.0 Å². The number of aliphatic hydroxyl groups is 3. The average Bonchev–Trinajstić information content (AvgIpc) is 1.62. The molecular weight excluding hydrogens is 1820 g/mol. The summed E-state index contributed by atoms with van der Waals surface area (Å²) >= 11 is 0. The summed E-state index contributed by atoms with van der Waals surface area (Å²) in [4.78, 5) is 67.3. The predicted octanol–water partition coefficient (Wildman–Crippen LogP) is 17.2. The van der Waals surface area contributed by atoms with E-state index in [2.05, 4.69) is 123 Å². The van der Waals surface area contributed by atoms with Crippen molar-refractivity contribution in [1.29, 1.82) is 0 Å². The second-order valence-corrected chi connectivity index (χ2v) is 42.6. The van der Waals surface area contributed by atoms with E-state index in [1.54, 1.807) is 0 Å². The Kier molecular flexibility index (Phi) is 43.8. The van der Waals surface area contributed by atoms with Crippen molar-refractivity contribution >= 4 is 47.1 Å². The minimum atomic E-state index is -0.956. The van der Waals surface area contributed by atoms with Crippen molar-refractivity contribution in [3.05, 3.63) is 272 Å². The summed E-state index contributed by atoms with van der Waals surface area (Å²) in [6, 6.07) is 81.6. The van der Waals surface area contributed by atoms with Crippen LogP contribution in [0.15, 0.2) is 243 Å². The topological polar surface area (TPSA) is 225 Å². The second kappa shape index (κ2) is 54.2. The van der Waals surface area contributed by atoms with Crippen LogP contribution in [0.4, 0.5) is 14.4 Å². The zero-order valence-electron chi connectivity index (χ0n) is 84.9. The van der Waals surface area contributed by atoms with Crippen LogP contribution in [-0.2, 0) is 23.7 Å².